The summed E-state index contributed by atoms with van der Waals surface area (Å²) in [5, 5.41) is 10.1. The zero-order valence-corrected chi connectivity index (χ0v) is 11.7. The van der Waals surface area contributed by atoms with E-state index in [1.807, 2.05) is 0 Å². The van der Waals surface area contributed by atoms with Gasteiger partial charge in [-0.2, -0.15) is 0 Å². The van der Waals surface area contributed by atoms with Crippen molar-refractivity contribution in [3.8, 4) is 16.9 Å². The van der Waals surface area contributed by atoms with E-state index in [2.05, 4.69) is 4.98 Å². The molecule has 0 atom stereocenters. The number of phenolic OH excluding ortho intramolecular Hbond substituents is 1. The van der Waals surface area contributed by atoms with E-state index in [-0.39, 0.29) is 11.1 Å². The minimum atomic E-state index is -1.05. The molecular formula is C16H12F2N2O2. The third-order valence-electron chi connectivity index (χ3n) is 3.56. The molecule has 0 saturated carbocycles. The zero-order valence-electron chi connectivity index (χ0n) is 11.7. The van der Waals surface area contributed by atoms with Crippen LogP contribution in [0, 0.1) is 11.6 Å². The first-order valence-electron chi connectivity index (χ1n) is 6.68. The summed E-state index contributed by atoms with van der Waals surface area (Å²) < 4.78 is 28.7. The topological polar surface area (TPSA) is 55.1 Å². The highest BCUT2D eigenvalue weighted by Crippen LogP contribution is 2.31. The first-order chi connectivity index (χ1) is 10.5. The van der Waals surface area contributed by atoms with Crippen molar-refractivity contribution in [3.63, 3.8) is 0 Å². The van der Waals surface area contributed by atoms with Crippen molar-refractivity contribution < 1.29 is 13.9 Å². The molecule has 112 valence electrons. The smallest absolute Gasteiger partial charge is 0.260 e. The molecule has 2 aromatic heterocycles. The van der Waals surface area contributed by atoms with E-state index >= 15 is 0 Å². The van der Waals surface area contributed by atoms with Crippen molar-refractivity contribution in [3.05, 3.63) is 58.8 Å². The van der Waals surface area contributed by atoms with Gasteiger partial charge < -0.3 is 9.67 Å². The number of hydrogen-bond donors (Lipinski definition) is 1. The predicted octanol–water partition coefficient (Wildman–Crippen LogP) is 3.07. The van der Waals surface area contributed by atoms with Crippen LogP contribution < -0.4 is 5.56 Å². The average molecular weight is 302 g/mol. The van der Waals surface area contributed by atoms with Gasteiger partial charge in [-0.1, -0.05) is 0 Å². The maximum absolute atomic E-state index is 13.6. The van der Waals surface area contributed by atoms with Crippen LogP contribution in [0.1, 0.15) is 6.92 Å². The summed E-state index contributed by atoms with van der Waals surface area (Å²) in [5.41, 5.74) is 0.525. The molecule has 4 nitrogen and oxygen atoms in total. The maximum Gasteiger partial charge on any atom is 0.260 e. The average Bonchev–Trinajstić information content (AvgIpc) is 2.53. The summed E-state index contributed by atoms with van der Waals surface area (Å²) in [4.78, 5) is 16.2. The molecule has 0 bridgehead atoms. The molecule has 0 fully saturated rings. The molecule has 3 rings (SSSR count). The largest absolute Gasteiger partial charge is 0.503 e. The molecule has 2 heterocycles. The number of pyridine rings is 2. The number of hydrogen-bond acceptors (Lipinski definition) is 3. The molecule has 0 spiro atoms. The highest BCUT2D eigenvalue weighted by molar-refractivity contribution is 5.95. The molecule has 3 aromatic rings. The van der Waals surface area contributed by atoms with Crippen molar-refractivity contribution in [2.45, 2.75) is 13.5 Å². The van der Waals surface area contributed by atoms with Gasteiger partial charge in [-0.05, 0) is 36.1 Å². The first kappa shape index (κ1) is 14.2. The lowest BCUT2D eigenvalue weighted by molar-refractivity contribution is 0.396. The van der Waals surface area contributed by atoms with Crippen molar-refractivity contribution >= 4 is 10.8 Å². The Morgan fingerprint density at radius 1 is 1.23 bits per heavy atom. The number of aromatic nitrogens is 2. The van der Waals surface area contributed by atoms with Gasteiger partial charge in [0.05, 0.1) is 5.39 Å². The number of nitrogens with zero attached hydrogens (tertiary/aromatic N) is 2. The molecule has 0 radical (unpaired) electrons. The van der Waals surface area contributed by atoms with Crippen molar-refractivity contribution in [2.24, 2.45) is 0 Å². The lowest BCUT2D eigenvalue weighted by atomic mass is 10.0. The summed E-state index contributed by atoms with van der Waals surface area (Å²) in [7, 11) is 0. The minimum Gasteiger partial charge on any atom is -0.503 e. The van der Waals surface area contributed by atoms with Crippen molar-refractivity contribution in [1.82, 2.24) is 9.55 Å². The molecular weight excluding hydrogens is 290 g/mol. The van der Waals surface area contributed by atoms with Crippen LogP contribution in [0.15, 0.2) is 41.6 Å². The quantitative estimate of drug-likeness (QED) is 0.791. The van der Waals surface area contributed by atoms with E-state index in [0.717, 1.165) is 12.1 Å². The van der Waals surface area contributed by atoms with Gasteiger partial charge in [0.25, 0.3) is 5.56 Å². The highest BCUT2D eigenvalue weighted by atomic mass is 19.1. The lowest BCUT2D eigenvalue weighted by Gasteiger charge is -2.11. The fourth-order valence-electron chi connectivity index (χ4n) is 2.42. The standard InChI is InChI=1S/C16H12F2N2O2/c1-2-20-8-12(9-5-13(17)15(21)14(18)6-9)10-3-4-19-7-11(10)16(20)22/h3-8,21H,2H2,1H3. The van der Waals surface area contributed by atoms with Gasteiger partial charge in [0.15, 0.2) is 17.4 Å². The van der Waals surface area contributed by atoms with Gasteiger partial charge in [0.1, 0.15) is 0 Å². The van der Waals surface area contributed by atoms with E-state index in [4.69, 9.17) is 0 Å². The molecule has 0 amide bonds. The molecule has 0 aliphatic rings. The van der Waals surface area contributed by atoms with Crippen LogP contribution in [0.5, 0.6) is 5.75 Å². The van der Waals surface area contributed by atoms with Crippen LogP contribution in [-0.4, -0.2) is 14.7 Å². The third kappa shape index (κ3) is 2.13. The minimum absolute atomic E-state index is 0.214. The zero-order chi connectivity index (χ0) is 15.9. The SMILES string of the molecule is CCn1cc(-c2cc(F)c(O)c(F)c2)c2ccncc2c1=O. The highest BCUT2D eigenvalue weighted by Gasteiger charge is 2.15. The lowest BCUT2D eigenvalue weighted by Crippen LogP contribution is -2.19. The van der Waals surface area contributed by atoms with Gasteiger partial charge in [0.2, 0.25) is 0 Å². The Morgan fingerprint density at radius 2 is 1.91 bits per heavy atom. The Hall–Kier alpha value is -2.76. The number of rotatable bonds is 2. The molecule has 0 aliphatic carbocycles. The number of phenols is 1. The fourth-order valence-corrected chi connectivity index (χ4v) is 2.42. The number of benzene rings is 1. The Morgan fingerprint density at radius 3 is 2.55 bits per heavy atom. The van der Waals surface area contributed by atoms with Gasteiger partial charge in [0, 0.05) is 30.7 Å². The number of aryl methyl sites for hydroxylation is 1. The van der Waals surface area contributed by atoms with Gasteiger partial charge >= 0.3 is 0 Å². The van der Waals surface area contributed by atoms with Crippen LogP contribution in [0.25, 0.3) is 21.9 Å². The van der Waals surface area contributed by atoms with Crippen LogP contribution in [0.4, 0.5) is 8.78 Å². The molecule has 1 aromatic carbocycles. The van der Waals surface area contributed by atoms with Crippen LogP contribution in [0.3, 0.4) is 0 Å². The molecule has 0 unspecified atom stereocenters. The molecule has 0 saturated heterocycles. The number of halogens is 2. The third-order valence-corrected chi connectivity index (χ3v) is 3.56. The van der Waals surface area contributed by atoms with Gasteiger partial charge in [-0.3, -0.25) is 9.78 Å². The Balaban J connectivity index is 2.41. The Labute approximate surface area is 124 Å². The van der Waals surface area contributed by atoms with E-state index in [1.54, 1.807) is 19.2 Å². The van der Waals surface area contributed by atoms with Gasteiger partial charge in [-0.15, -0.1) is 0 Å². The molecule has 1 N–H and O–H groups in total. The summed E-state index contributed by atoms with van der Waals surface area (Å²) in [5.74, 6) is -3.11. The van der Waals surface area contributed by atoms with E-state index in [0.29, 0.717) is 22.9 Å². The van der Waals surface area contributed by atoms with Crippen LogP contribution in [0.2, 0.25) is 0 Å². The predicted molar refractivity (Wildman–Crippen MR) is 78.7 cm³/mol. The first-order valence-corrected chi connectivity index (χ1v) is 6.68. The Bertz CT molecular complexity index is 912. The maximum atomic E-state index is 13.6. The summed E-state index contributed by atoms with van der Waals surface area (Å²) in [6, 6.07) is 3.70. The summed E-state index contributed by atoms with van der Waals surface area (Å²) >= 11 is 0. The molecule has 6 heteroatoms. The second-order valence-electron chi connectivity index (χ2n) is 4.84. The van der Waals surface area contributed by atoms with Crippen LogP contribution in [-0.2, 0) is 6.54 Å². The summed E-state index contributed by atoms with van der Waals surface area (Å²) in [6.07, 6.45) is 4.49. The van der Waals surface area contributed by atoms with Crippen molar-refractivity contribution in [1.29, 1.82) is 0 Å². The van der Waals surface area contributed by atoms with E-state index in [9.17, 15) is 18.7 Å². The van der Waals surface area contributed by atoms with E-state index < -0.39 is 17.4 Å². The number of fused-ring (bicyclic) bond motifs is 1. The second kappa shape index (κ2) is 5.22. The molecule has 22 heavy (non-hydrogen) atoms. The number of aromatic hydroxyl groups is 1. The summed E-state index contributed by atoms with van der Waals surface area (Å²) in [6.45, 7) is 2.21. The Kier molecular flexibility index (Phi) is 3.36. The monoisotopic (exact) mass is 302 g/mol. The van der Waals surface area contributed by atoms with E-state index in [1.165, 1.54) is 17.0 Å². The fraction of sp³-hybridized carbons (Fsp3) is 0.125. The van der Waals surface area contributed by atoms with Crippen molar-refractivity contribution in [2.75, 3.05) is 0 Å². The normalized spacial score (nSPS) is 11.0. The molecule has 0 aliphatic heterocycles. The van der Waals surface area contributed by atoms with Gasteiger partial charge in [-0.25, -0.2) is 8.78 Å². The van der Waals surface area contributed by atoms with Crippen LogP contribution >= 0.6 is 0 Å². The second-order valence-corrected chi connectivity index (χ2v) is 4.84.